The number of nitrogens with one attached hydrogen (secondary N) is 2. The van der Waals surface area contributed by atoms with Crippen LogP contribution in [-0.2, 0) is 27.9 Å². The number of para-hydroxylation sites is 1. The second-order valence-corrected chi connectivity index (χ2v) is 10.1. The van der Waals surface area contributed by atoms with Crippen LogP contribution in [0.5, 0.6) is 5.75 Å². The van der Waals surface area contributed by atoms with Crippen molar-refractivity contribution in [2.45, 2.75) is 18.0 Å². The van der Waals surface area contributed by atoms with E-state index in [-0.39, 0.29) is 17.2 Å². The third-order valence-corrected chi connectivity index (χ3v) is 7.22. The standard InChI is InChI=1S/C23H22Cl2N4O5S/c1-33-20-4-2-3-5-21(20)35(31,32)28-23(30)26-9-8-16-13-34-14-17-11-27-29(22(16)17)12-15-6-7-18(24)10-19(15)25/h2-8,10-11H,9,12-14H2,1H3,(H2,26,28,30)/b16-8+. The zero-order chi connectivity index (χ0) is 25.0. The van der Waals surface area contributed by atoms with Crippen molar-refractivity contribution in [1.29, 1.82) is 0 Å². The largest absolute Gasteiger partial charge is 0.495 e. The molecule has 35 heavy (non-hydrogen) atoms. The molecule has 2 aromatic carbocycles. The molecule has 2 amide bonds. The Kier molecular flexibility index (Phi) is 7.66. The van der Waals surface area contributed by atoms with Crippen molar-refractivity contribution in [2.24, 2.45) is 0 Å². The van der Waals surface area contributed by atoms with Crippen LogP contribution in [0, 0.1) is 0 Å². The van der Waals surface area contributed by atoms with Crippen LogP contribution in [0.3, 0.4) is 0 Å². The van der Waals surface area contributed by atoms with Crippen molar-refractivity contribution in [1.82, 2.24) is 19.8 Å². The summed E-state index contributed by atoms with van der Waals surface area (Å²) in [5.41, 5.74) is 3.43. The second-order valence-electron chi connectivity index (χ2n) is 7.60. The lowest BCUT2D eigenvalue weighted by Crippen LogP contribution is -2.39. The van der Waals surface area contributed by atoms with Crippen LogP contribution in [0.2, 0.25) is 10.0 Å². The Morgan fingerprint density at radius 3 is 2.80 bits per heavy atom. The van der Waals surface area contributed by atoms with Crippen molar-refractivity contribution in [3.8, 4) is 5.75 Å². The van der Waals surface area contributed by atoms with Crippen LogP contribution in [0.25, 0.3) is 5.57 Å². The Morgan fingerprint density at radius 1 is 1.23 bits per heavy atom. The van der Waals surface area contributed by atoms with E-state index in [1.165, 1.54) is 19.2 Å². The maximum atomic E-state index is 12.6. The van der Waals surface area contributed by atoms with E-state index in [0.717, 1.165) is 22.4 Å². The molecule has 0 saturated carbocycles. The number of halogens is 2. The van der Waals surface area contributed by atoms with Gasteiger partial charge in [0.2, 0.25) is 0 Å². The van der Waals surface area contributed by atoms with E-state index in [1.54, 1.807) is 36.5 Å². The lowest BCUT2D eigenvalue weighted by Gasteiger charge is -2.19. The average molecular weight is 537 g/mol. The van der Waals surface area contributed by atoms with Gasteiger partial charge in [0.15, 0.2) is 0 Å². The van der Waals surface area contributed by atoms with Gasteiger partial charge in [-0.3, -0.25) is 4.68 Å². The zero-order valence-electron chi connectivity index (χ0n) is 18.6. The highest BCUT2D eigenvalue weighted by molar-refractivity contribution is 7.90. The fourth-order valence-corrected chi connectivity index (χ4v) is 5.22. The minimum atomic E-state index is -4.11. The minimum Gasteiger partial charge on any atom is -0.495 e. The minimum absolute atomic E-state index is 0.0678. The first-order chi connectivity index (χ1) is 16.8. The van der Waals surface area contributed by atoms with Gasteiger partial charge in [-0.25, -0.2) is 17.9 Å². The summed E-state index contributed by atoms with van der Waals surface area (Å²) < 4.78 is 39.6. The molecule has 0 fully saturated rings. The first kappa shape index (κ1) is 25.1. The van der Waals surface area contributed by atoms with Crippen molar-refractivity contribution < 1.29 is 22.7 Å². The van der Waals surface area contributed by atoms with Crippen LogP contribution < -0.4 is 14.8 Å². The van der Waals surface area contributed by atoms with Crippen LogP contribution in [0.1, 0.15) is 16.8 Å². The number of aromatic nitrogens is 2. The average Bonchev–Trinajstić information content (AvgIpc) is 3.24. The van der Waals surface area contributed by atoms with Gasteiger partial charge in [0, 0.05) is 27.7 Å². The van der Waals surface area contributed by atoms with Crippen LogP contribution in [0.15, 0.2) is 59.6 Å². The van der Waals surface area contributed by atoms with Crippen LogP contribution in [0.4, 0.5) is 4.79 Å². The molecule has 0 aliphatic carbocycles. The number of methoxy groups -OCH3 is 1. The fourth-order valence-electron chi connectivity index (χ4n) is 3.65. The summed E-state index contributed by atoms with van der Waals surface area (Å²) in [6, 6.07) is 10.4. The molecule has 1 aliphatic rings. The predicted octanol–water partition coefficient (Wildman–Crippen LogP) is 3.85. The Hall–Kier alpha value is -3.05. The Balaban J connectivity index is 1.45. The molecule has 0 radical (unpaired) electrons. The number of nitrogens with zero attached hydrogens (tertiary/aromatic N) is 2. The molecule has 0 saturated heterocycles. The van der Waals surface area contributed by atoms with Crippen molar-refractivity contribution >= 4 is 44.8 Å². The van der Waals surface area contributed by atoms with Gasteiger partial charge in [-0.1, -0.05) is 47.5 Å². The maximum absolute atomic E-state index is 12.6. The summed E-state index contributed by atoms with van der Waals surface area (Å²) in [6.45, 7) is 1.22. The number of rotatable bonds is 7. The van der Waals surface area contributed by atoms with Crippen molar-refractivity contribution in [3.05, 3.63) is 81.6 Å². The third kappa shape index (κ3) is 5.79. The molecule has 0 spiro atoms. The molecule has 3 aromatic rings. The molecule has 0 atom stereocenters. The number of hydrogen-bond acceptors (Lipinski definition) is 6. The van der Waals surface area contributed by atoms with Gasteiger partial charge in [-0.15, -0.1) is 0 Å². The SMILES string of the molecule is COc1ccccc1S(=O)(=O)NC(=O)NC/C=C1\COCc2cnn(Cc3ccc(Cl)cc3Cl)c21. The molecule has 4 rings (SSSR count). The molecular formula is C23H22Cl2N4O5S. The second kappa shape index (κ2) is 10.7. The first-order valence-electron chi connectivity index (χ1n) is 10.5. The number of carbonyl (C=O) groups is 1. The molecule has 2 heterocycles. The number of urea groups is 1. The smallest absolute Gasteiger partial charge is 0.328 e. The molecule has 2 N–H and O–H groups in total. The third-order valence-electron chi connectivity index (χ3n) is 5.27. The summed E-state index contributed by atoms with van der Waals surface area (Å²) >= 11 is 12.3. The highest BCUT2D eigenvalue weighted by Gasteiger charge is 2.23. The number of hydrogen-bond donors (Lipinski definition) is 2. The number of fused-ring (bicyclic) bond motifs is 1. The topological polar surface area (TPSA) is 112 Å². The van der Waals surface area contributed by atoms with Gasteiger partial charge < -0.3 is 14.8 Å². The first-order valence-corrected chi connectivity index (χ1v) is 12.7. The Bertz CT molecular complexity index is 1390. The number of sulfonamides is 1. The van der Waals surface area contributed by atoms with Crippen molar-refractivity contribution in [3.63, 3.8) is 0 Å². The molecule has 1 aromatic heterocycles. The summed E-state index contributed by atoms with van der Waals surface area (Å²) in [4.78, 5) is 12.2. The van der Waals surface area contributed by atoms with Crippen LogP contribution >= 0.6 is 23.2 Å². The molecule has 0 bridgehead atoms. The van der Waals surface area contributed by atoms with E-state index < -0.39 is 16.1 Å². The van der Waals surface area contributed by atoms with Gasteiger partial charge >= 0.3 is 6.03 Å². The van der Waals surface area contributed by atoms with E-state index >= 15 is 0 Å². The summed E-state index contributed by atoms with van der Waals surface area (Å²) in [6.07, 6.45) is 3.49. The van der Waals surface area contributed by atoms with Gasteiger partial charge in [0.25, 0.3) is 10.0 Å². The van der Waals surface area contributed by atoms with E-state index in [1.807, 2.05) is 15.5 Å². The lowest BCUT2D eigenvalue weighted by atomic mass is 10.1. The Morgan fingerprint density at radius 2 is 2.03 bits per heavy atom. The normalized spacial score (nSPS) is 14.4. The summed E-state index contributed by atoms with van der Waals surface area (Å²) in [5, 5.41) is 8.08. The van der Waals surface area contributed by atoms with E-state index in [9.17, 15) is 13.2 Å². The quantitative estimate of drug-likeness (QED) is 0.474. The molecule has 9 nitrogen and oxygen atoms in total. The monoisotopic (exact) mass is 536 g/mol. The van der Waals surface area contributed by atoms with Crippen LogP contribution in [-0.4, -0.2) is 44.5 Å². The number of ether oxygens (including phenoxy) is 2. The molecule has 12 heteroatoms. The zero-order valence-corrected chi connectivity index (χ0v) is 21.0. The fraction of sp³-hybridized carbons (Fsp3) is 0.217. The van der Waals surface area contributed by atoms with Gasteiger partial charge in [0.05, 0.1) is 38.8 Å². The van der Waals surface area contributed by atoms with E-state index in [2.05, 4.69) is 10.4 Å². The van der Waals surface area contributed by atoms with E-state index in [4.69, 9.17) is 32.7 Å². The summed E-state index contributed by atoms with van der Waals surface area (Å²) in [7, 11) is -2.76. The van der Waals surface area contributed by atoms with Crippen molar-refractivity contribution in [2.75, 3.05) is 20.3 Å². The molecular weight excluding hydrogens is 515 g/mol. The number of benzene rings is 2. The lowest BCUT2D eigenvalue weighted by molar-refractivity contribution is 0.145. The highest BCUT2D eigenvalue weighted by atomic mass is 35.5. The predicted molar refractivity (Wildman–Crippen MR) is 132 cm³/mol. The highest BCUT2D eigenvalue weighted by Crippen LogP contribution is 2.28. The van der Waals surface area contributed by atoms with Gasteiger partial charge in [0.1, 0.15) is 10.6 Å². The maximum Gasteiger partial charge on any atom is 0.328 e. The number of amides is 2. The van der Waals surface area contributed by atoms with Gasteiger partial charge in [-0.05, 0) is 29.8 Å². The molecule has 0 unspecified atom stereocenters. The van der Waals surface area contributed by atoms with E-state index in [0.29, 0.717) is 29.8 Å². The molecule has 1 aliphatic heterocycles. The Labute approximate surface area is 212 Å². The van der Waals surface area contributed by atoms with Gasteiger partial charge in [-0.2, -0.15) is 5.10 Å². The summed E-state index contributed by atoms with van der Waals surface area (Å²) in [5.74, 6) is 0.135. The number of carbonyl (C=O) groups excluding carboxylic acids is 1. The molecule has 184 valence electrons.